The number of guanidine groups is 1. The van der Waals surface area contributed by atoms with Gasteiger partial charge in [-0.3, -0.25) is 14.7 Å². The molecule has 0 aromatic heterocycles. The van der Waals surface area contributed by atoms with Crippen LogP contribution in [0.1, 0.15) is 25.5 Å². The summed E-state index contributed by atoms with van der Waals surface area (Å²) in [7, 11) is 5.28. The predicted octanol–water partition coefficient (Wildman–Crippen LogP) is 1.29. The van der Waals surface area contributed by atoms with Gasteiger partial charge < -0.3 is 20.4 Å². The third-order valence-electron chi connectivity index (χ3n) is 5.11. The van der Waals surface area contributed by atoms with Gasteiger partial charge in [0.1, 0.15) is 11.6 Å². The van der Waals surface area contributed by atoms with Crippen molar-refractivity contribution in [3.63, 3.8) is 0 Å². The molecular weight excluding hydrogens is 390 g/mol. The summed E-state index contributed by atoms with van der Waals surface area (Å²) in [6.45, 7) is 7.50. The van der Waals surface area contributed by atoms with Gasteiger partial charge in [0.15, 0.2) is 5.96 Å². The molecule has 2 rings (SSSR count). The van der Waals surface area contributed by atoms with Gasteiger partial charge in [0, 0.05) is 51.4 Å². The van der Waals surface area contributed by atoms with Crippen LogP contribution >= 0.6 is 0 Å². The Kier molecular flexibility index (Phi) is 8.98. The molecule has 0 spiro atoms. The Hall–Kier alpha value is -2.26. The summed E-state index contributed by atoms with van der Waals surface area (Å²) in [5, 5.41) is 6.17. The van der Waals surface area contributed by atoms with Crippen molar-refractivity contribution in [1.29, 1.82) is 0 Å². The number of amides is 1. The van der Waals surface area contributed by atoms with E-state index in [1.165, 1.54) is 18.2 Å². The molecule has 1 heterocycles. The Morgan fingerprint density at radius 3 is 2.27 bits per heavy atom. The lowest BCUT2D eigenvalue weighted by Gasteiger charge is -2.37. The number of halogens is 2. The molecule has 1 saturated heterocycles. The minimum Gasteiger partial charge on any atom is -0.354 e. The molecule has 0 radical (unpaired) electrons. The molecule has 1 aliphatic heterocycles. The largest absolute Gasteiger partial charge is 0.354 e. The lowest BCUT2D eigenvalue weighted by Crippen LogP contribution is -2.54. The second kappa shape index (κ2) is 11.2. The molecule has 1 atom stereocenters. The molecule has 1 fully saturated rings. The first-order valence-electron chi connectivity index (χ1n) is 10.3. The average Bonchev–Trinajstić information content (AvgIpc) is 2.67. The van der Waals surface area contributed by atoms with Gasteiger partial charge in [-0.25, -0.2) is 8.78 Å². The monoisotopic (exact) mass is 424 g/mol. The Morgan fingerprint density at radius 2 is 1.77 bits per heavy atom. The van der Waals surface area contributed by atoms with Crippen LogP contribution in [0.3, 0.4) is 0 Å². The van der Waals surface area contributed by atoms with Crippen LogP contribution in [0.5, 0.6) is 0 Å². The van der Waals surface area contributed by atoms with Gasteiger partial charge in [-0.05, 0) is 40.1 Å². The summed E-state index contributed by atoms with van der Waals surface area (Å²) in [6.07, 6.45) is 0. The zero-order valence-corrected chi connectivity index (χ0v) is 18.6. The zero-order valence-electron chi connectivity index (χ0n) is 18.6. The van der Waals surface area contributed by atoms with E-state index in [4.69, 9.17) is 0 Å². The maximum Gasteiger partial charge on any atom is 0.234 e. The minimum absolute atomic E-state index is 0.0293. The fourth-order valence-corrected chi connectivity index (χ4v) is 3.58. The number of benzene rings is 1. The highest BCUT2D eigenvalue weighted by Crippen LogP contribution is 2.24. The Bertz CT molecular complexity index is 712. The number of piperazine rings is 1. The van der Waals surface area contributed by atoms with Crippen LogP contribution in [0.25, 0.3) is 0 Å². The van der Waals surface area contributed by atoms with Crippen molar-refractivity contribution in [2.75, 3.05) is 60.4 Å². The molecule has 1 amide bonds. The van der Waals surface area contributed by atoms with Crippen molar-refractivity contribution in [3.8, 4) is 0 Å². The van der Waals surface area contributed by atoms with Gasteiger partial charge in [0.05, 0.1) is 12.6 Å². The van der Waals surface area contributed by atoms with E-state index in [2.05, 4.69) is 25.4 Å². The SMILES string of the molecule is CN=C(NCC(c1c(F)cccc1F)N(C)C)N1CCN(CC(=O)NC(C)C)CC1. The molecule has 0 bridgehead atoms. The smallest absolute Gasteiger partial charge is 0.234 e. The third-order valence-corrected chi connectivity index (χ3v) is 5.11. The summed E-state index contributed by atoms with van der Waals surface area (Å²) < 4.78 is 28.5. The second-order valence-corrected chi connectivity index (χ2v) is 8.03. The summed E-state index contributed by atoms with van der Waals surface area (Å²) >= 11 is 0. The highest BCUT2D eigenvalue weighted by Gasteiger charge is 2.25. The van der Waals surface area contributed by atoms with Crippen LogP contribution in [0, 0.1) is 11.6 Å². The number of carbonyl (C=O) groups is 1. The van der Waals surface area contributed by atoms with Crippen LogP contribution in [-0.2, 0) is 4.79 Å². The van der Waals surface area contributed by atoms with Gasteiger partial charge in [-0.2, -0.15) is 0 Å². The van der Waals surface area contributed by atoms with Crippen molar-refractivity contribution in [3.05, 3.63) is 35.4 Å². The van der Waals surface area contributed by atoms with Crippen molar-refractivity contribution in [2.45, 2.75) is 25.9 Å². The molecule has 0 aliphatic carbocycles. The van der Waals surface area contributed by atoms with Crippen LogP contribution in [-0.4, -0.2) is 93.0 Å². The van der Waals surface area contributed by atoms with E-state index in [0.717, 1.165) is 26.2 Å². The molecule has 1 aliphatic rings. The number of nitrogens with zero attached hydrogens (tertiary/aromatic N) is 4. The van der Waals surface area contributed by atoms with Crippen LogP contribution in [0.4, 0.5) is 8.78 Å². The fraction of sp³-hybridized carbons (Fsp3) is 0.619. The number of carbonyl (C=O) groups excluding carboxylic acids is 1. The van der Waals surface area contributed by atoms with Gasteiger partial charge >= 0.3 is 0 Å². The van der Waals surface area contributed by atoms with E-state index in [0.29, 0.717) is 19.0 Å². The lowest BCUT2D eigenvalue weighted by atomic mass is 10.0. The summed E-state index contributed by atoms with van der Waals surface area (Å²) in [5.41, 5.74) is 0.0476. The van der Waals surface area contributed by atoms with E-state index in [1.807, 2.05) is 13.8 Å². The molecule has 0 saturated carbocycles. The number of rotatable bonds is 7. The lowest BCUT2D eigenvalue weighted by molar-refractivity contribution is -0.123. The summed E-state index contributed by atoms with van der Waals surface area (Å²) in [4.78, 5) is 22.3. The molecule has 7 nitrogen and oxygen atoms in total. The molecule has 9 heteroatoms. The highest BCUT2D eigenvalue weighted by molar-refractivity contribution is 5.80. The van der Waals surface area contributed by atoms with Gasteiger partial charge in [-0.15, -0.1) is 0 Å². The molecule has 168 valence electrons. The minimum atomic E-state index is -0.557. The molecule has 2 N–H and O–H groups in total. The van der Waals surface area contributed by atoms with Crippen molar-refractivity contribution in [1.82, 2.24) is 25.3 Å². The molecule has 1 unspecified atom stereocenters. The van der Waals surface area contributed by atoms with Crippen molar-refractivity contribution >= 4 is 11.9 Å². The van der Waals surface area contributed by atoms with Crippen LogP contribution < -0.4 is 10.6 Å². The Balaban J connectivity index is 1.93. The van der Waals surface area contributed by atoms with Gasteiger partial charge in [0.2, 0.25) is 5.91 Å². The Labute approximate surface area is 178 Å². The first-order chi connectivity index (χ1) is 14.2. The maximum absolute atomic E-state index is 14.3. The van der Waals surface area contributed by atoms with E-state index < -0.39 is 17.7 Å². The number of hydrogen-bond acceptors (Lipinski definition) is 4. The highest BCUT2D eigenvalue weighted by atomic mass is 19.1. The maximum atomic E-state index is 14.3. The molecular formula is C21H34F2N6O. The van der Waals surface area contributed by atoms with E-state index in [-0.39, 0.29) is 17.5 Å². The first-order valence-corrected chi connectivity index (χ1v) is 10.3. The van der Waals surface area contributed by atoms with Crippen LogP contribution in [0.15, 0.2) is 23.2 Å². The van der Waals surface area contributed by atoms with E-state index >= 15 is 0 Å². The summed E-state index contributed by atoms with van der Waals surface area (Å²) in [5.74, 6) is -0.399. The Morgan fingerprint density at radius 1 is 1.17 bits per heavy atom. The van der Waals surface area contributed by atoms with E-state index in [1.54, 1.807) is 26.0 Å². The number of likely N-dealkylation sites (N-methyl/N-ethyl adjacent to an activating group) is 1. The second-order valence-electron chi connectivity index (χ2n) is 8.03. The van der Waals surface area contributed by atoms with Crippen molar-refractivity contribution < 1.29 is 13.6 Å². The first kappa shape index (κ1) is 24.0. The normalized spacial score (nSPS) is 16.8. The molecule has 30 heavy (non-hydrogen) atoms. The zero-order chi connectivity index (χ0) is 22.3. The number of hydrogen-bond donors (Lipinski definition) is 2. The van der Waals surface area contributed by atoms with Gasteiger partial charge in [-0.1, -0.05) is 6.07 Å². The topological polar surface area (TPSA) is 63.2 Å². The van der Waals surface area contributed by atoms with Crippen molar-refractivity contribution in [2.24, 2.45) is 4.99 Å². The predicted molar refractivity (Wildman–Crippen MR) is 115 cm³/mol. The molecule has 1 aromatic carbocycles. The van der Waals surface area contributed by atoms with Crippen LogP contribution in [0.2, 0.25) is 0 Å². The fourth-order valence-electron chi connectivity index (χ4n) is 3.58. The molecule has 1 aromatic rings. The standard InChI is InChI=1S/C21H34F2N6O/c1-15(2)26-19(30)14-28-9-11-29(12-10-28)21(24-3)25-13-18(27(4)5)20-16(22)7-6-8-17(20)23/h6-8,15,18H,9-14H2,1-5H3,(H,24,25)(H,26,30). The quantitative estimate of drug-likeness (QED) is 0.510. The average molecular weight is 425 g/mol. The van der Waals surface area contributed by atoms with E-state index in [9.17, 15) is 13.6 Å². The van der Waals surface area contributed by atoms with Gasteiger partial charge in [0.25, 0.3) is 0 Å². The third kappa shape index (κ3) is 6.63. The number of nitrogens with one attached hydrogen (secondary N) is 2. The number of aliphatic imine (C=N–C) groups is 1. The summed E-state index contributed by atoms with van der Waals surface area (Å²) in [6, 6.07) is 3.57.